The maximum atomic E-state index is 11.7. The molecule has 0 spiro atoms. The van der Waals surface area contributed by atoms with E-state index in [1.807, 2.05) is 18.3 Å². The zero-order chi connectivity index (χ0) is 24.4. The standard InChI is InChI=1S/C27H29N3O5/c1-33-24-6-5-21(27(31)32)25(34-2)23(24)15-29-11-7-19(8-12-29)22-16-30(14-18-9-13-35-17-18)26-20(22)4-3-10-28-26/h3-6,9-10,13,16-17,19H,7-8,11-12,14-15H2,1-2H3,(H,31,32). The molecule has 0 amide bonds. The van der Waals surface area contributed by atoms with Gasteiger partial charge in [0, 0.05) is 29.9 Å². The van der Waals surface area contributed by atoms with E-state index in [9.17, 15) is 9.90 Å². The number of hydrogen-bond acceptors (Lipinski definition) is 6. The monoisotopic (exact) mass is 475 g/mol. The van der Waals surface area contributed by atoms with Crippen LogP contribution in [0.3, 0.4) is 0 Å². The number of carboxylic acids is 1. The first-order chi connectivity index (χ1) is 17.1. The second kappa shape index (κ2) is 9.84. The molecule has 0 aliphatic carbocycles. The molecule has 0 unspecified atom stereocenters. The summed E-state index contributed by atoms with van der Waals surface area (Å²) in [5, 5.41) is 10.8. The van der Waals surface area contributed by atoms with Gasteiger partial charge in [0.05, 0.1) is 38.9 Å². The average molecular weight is 476 g/mol. The molecule has 3 aromatic heterocycles. The molecular weight excluding hydrogens is 446 g/mol. The molecule has 1 fully saturated rings. The molecule has 1 aliphatic heterocycles. The number of ether oxygens (including phenoxy) is 2. The van der Waals surface area contributed by atoms with E-state index < -0.39 is 5.97 Å². The van der Waals surface area contributed by atoms with Crippen molar-refractivity contribution >= 4 is 17.0 Å². The maximum absolute atomic E-state index is 11.7. The molecule has 1 saturated heterocycles. The Hall–Kier alpha value is -3.78. The highest BCUT2D eigenvalue weighted by Gasteiger charge is 2.27. The number of methoxy groups -OCH3 is 2. The van der Waals surface area contributed by atoms with E-state index in [-0.39, 0.29) is 5.56 Å². The summed E-state index contributed by atoms with van der Waals surface area (Å²) in [6.07, 6.45) is 9.56. The molecule has 1 aliphatic rings. The summed E-state index contributed by atoms with van der Waals surface area (Å²) >= 11 is 0. The number of furan rings is 1. The Morgan fingerprint density at radius 3 is 2.66 bits per heavy atom. The molecule has 4 heterocycles. The van der Waals surface area contributed by atoms with Gasteiger partial charge < -0.3 is 23.6 Å². The van der Waals surface area contributed by atoms with E-state index in [4.69, 9.17) is 13.9 Å². The molecule has 0 radical (unpaired) electrons. The van der Waals surface area contributed by atoms with Crippen LogP contribution in [0.1, 0.15) is 45.8 Å². The zero-order valence-electron chi connectivity index (χ0n) is 19.9. The fourth-order valence-corrected chi connectivity index (χ4v) is 5.15. The quantitative estimate of drug-likeness (QED) is 0.392. The third-order valence-corrected chi connectivity index (χ3v) is 6.88. The number of rotatable bonds is 8. The summed E-state index contributed by atoms with van der Waals surface area (Å²) in [7, 11) is 3.10. The second-order valence-corrected chi connectivity index (χ2v) is 8.90. The molecule has 0 bridgehead atoms. The zero-order valence-corrected chi connectivity index (χ0v) is 19.9. The largest absolute Gasteiger partial charge is 0.496 e. The molecule has 0 atom stereocenters. The summed E-state index contributed by atoms with van der Waals surface area (Å²) in [6.45, 7) is 3.08. The number of likely N-dealkylation sites (tertiary alicyclic amines) is 1. The first-order valence-electron chi connectivity index (χ1n) is 11.7. The number of fused-ring (bicyclic) bond motifs is 1. The van der Waals surface area contributed by atoms with Gasteiger partial charge in [-0.15, -0.1) is 0 Å². The molecule has 8 heteroatoms. The van der Waals surface area contributed by atoms with Crippen LogP contribution in [0.4, 0.5) is 0 Å². The molecule has 1 N–H and O–H groups in total. The summed E-state index contributed by atoms with van der Waals surface area (Å²) in [4.78, 5) is 18.7. The third kappa shape index (κ3) is 4.49. The van der Waals surface area contributed by atoms with Crippen LogP contribution in [0.2, 0.25) is 0 Å². The molecule has 8 nitrogen and oxygen atoms in total. The van der Waals surface area contributed by atoms with E-state index >= 15 is 0 Å². The average Bonchev–Trinajstić information content (AvgIpc) is 3.53. The molecular formula is C27H29N3O5. The number of aromatic nitrogens is 2. The molecule has 5 rings (SSSR count). The minimum Gasteiger partial charge on any atom is -0.496 e. The van der Waals surface area contributed by atoms with Crippen molar-refractivity contribution in [3.8, 4) is 11.5 Å². The van der Waals surface area contributed by atoms with Crippen LogP contribution in [0, 0.1) is 0 Å². The molecule has 182 valence electrons. The van der Waals surface area contributed by atoms with E-state index in [1.54, 1.807) is 25.7 Å². The van der Waals surface area contributed by atoms with E-state index in [2.05, 4.69) is 26.7 Å². The van der Waals surface area contributed by atoms with Crippen LogP contribution in [0.25, 0.3) is 11.0 Å². The van der Waals surface area contributed by atoms with Crippen molar-refractivity contribution in [1.82, 2.24) is 14.5 Å². The predicted octanol–water partition coefficient (Wildman–Crippen LogP) is 4.77. The fourth-order valence-electron chi connectivity index (χ4n) is 5.15. The first kappa shape index (κ1) is 23.0. The van der Waals surface area contributed by atoms with Crippen LogP contribution < -0.4 is 9.47 Å². The van der Waals surface area contributed by atoms with Crippen molar-refractivity contribution in [3.05, 3.63) is 77.5 Å². The summed E-state index contributed by atoms with van der Waals surface area (Å²) in [6, 6.07) is 9.37. The van der Waals surface area contributed by atoms with Gasteiger partial charge >= 0.3 is 5.97 Å². The number of hydrogen-bond donors (Lipinski definition) is 1. The highest BCUT2D eigenvalue weighted by atomic mass is 16.5. The van der Waals surface area contributed by atoms with Crippen molar-refractivity contribution in [2.45, 2.75) is 31.8 Å². The highest BCUT2D eigenvalue weighted by molar-refractivity contribution is 5.92. The van der Waals surface area contributed by atoms with Gasteiger partial charge in [0.1, 0.15) is 22.7 Å². The number of aromatic carboxylic acids is 1. The van der Waals surface area contributed by atoms with Gasteiger partial charge in [-0.3, -0.25) is 4.90 Å². The second-order valence-electron chi connectivity index (χ2n) is 8.90. The van der Waals surface area contributed by atoms with Gasteiger partial charge in [-0.05, 0) is 67.7 Å². The van der Waals surface area contributed by atoms with Crippen LogP contribution in [-0.4, -0.2) is 52.8 Å². The normalized spacial score (nSPS) is 14.9. The lowest BCUT2D eigenvalue weighted by Gasteiger charge is -2.32. The number of pyridine rings is 1. The third-order valence-electron chi connectivity index (χ3n) is 6.88. The number of carbonyl (C=O) groups is 1. The Balaban J connectivity index is 1.35. The molecule has 0 saturated carbocycles. The van der Waals surface area contributed by atoms with Crippen molar-refractivity contribution in [1.29, 1.82) is 0 Å². The van der Waals surface area contributed by atoms with E-state index in [0.717, 1.165) is 49.2 Å². The van der Waals surface area contributed by atoms with Crippen molar-refractivity contribution in [2.24, 2.45) is 0 Å². The first-order valence-corrected chi connectivity index (χ1v) is 11.7. The fraction of sp³-hybridized carbons (Fsp3) is 0.333. The van der Waals surface area contributed by atoms with Crippen LogP contribution >= 0.6 is 0 Å². The SMILES string of the molecule is COc1ccc(C(=O)O)c(OC)c1CN1CCC(c2cn(Cc3ccoc3)c3ncccc23)CC1. The molecule has 1 aromatic carbocycles. The van der Waals surface area contributed by atoms with Crippen LogP contribution in [-0.2, 0) is 13.1 Å². The van der Waals surface area contributed by atoms with E-state index in [1.165, 1.54) is 24.1 Å². The highest BCUT2D eigenvalue weighted by Crippen LogP contribution is 2.37. The molecule has 35 heavy (non-hydrogen) atoms. The Bertz CT molecular complexity index is 1320. The van der Waals surface area contributed by atoms with Gasteiger partial charge in [-0.2, -0.15) is 0 Å². The molecule has 4 aromatic rings. The van der Waals surface area contributed by atoms with Crippen LogP contribution in [0.15, 0.2) is 59.7 Å². The Kier molecular flexibility index (Phi) is 6.46. The summed E-state index contributed by atoms with van der Waals surface area (Å²) in [5.74, 6) is 0.428. The maximum Gasteiger partial charge on any atom is 0.339 e. The van der Waals surface area contributed by atoms with Gasteiger partial charge in [-0.25, -0.2) is 9.78 Å². The van der Waals surface area contributed by atoms with Crippen molar-refractivity contribution < 1.29 is 23.8 Å². The van der Waals surface area contributed by atoms with Gasteiger partial charge in [-0.1, -0.05) is 0 Å². The minimum atomic E-state index is -1.01. The lowest BCUT2D eigenvalue weighted by molar-refractivity contribution is 0.0692. The van der Waals surface area contributed by atoms with Gasteiger partial charge in [0.2, 0.25) is 0 Å². The predicted molar refractivity (Wildman–Crippen MR) is 131 cm³/mol. The topological polar surface area (TPSA) is 90.0 Å². The number of carboxylic acid groups (broad SMARTS) is 1. The minimum absolute atomic E-state index is 0.149. The summed E-state index contributed by atoms with van der Waals surface area (Å²) in [5.41, 5.74) is 4.36. The van der Waals surface area contributed by atoms with Crippen molar-refractivity contribution in [3.63, 3.8) is 0 Å². The van der Waals surface area contributed by atoms with Crippen LogP contribution in [0.5, 0.6) is 11.5 Å². The summed E-state index contributed by atoms with van der Waals surface area (Å²) < 4.78 is 18.5. The van der Waals surface area contributed by atoms with E-state index in [0.29, 0.717) is 24.0 Å². The van der Waals surface area contributed by atoms with Gasteiger partial charge in [0.15, 0.2) is 0 Å². The Morgan fingerprint density at radius 1 is 1.14 bits per heavy atom. The number of nitrogens with zero attached hydrogens (tertiary/aromatic N) is 3. The Labute approximate surface area is 203 Å². The van der Waals surface area contributed by atoms with Gasteiger partial charge in [0.25, 0.3) is 0 Å². The number of piperidine rings is 1. The number of benzene rings is 1. The Morgan fingerprint density at radius 2 is 1.97 bits per heavy atom. The smallest absolute Gasteiger partial charge is 0.339 e. The lowest BCUT2D eigenvalue weighted by Crippen LogP contribution is -2.32. The lowest BCUT2D eigenvalue weighted by atomic mass is 9.89. The van der Waals surface area contributed by atoms with Crippen molar-refractivity contribution in [2.75, 3.05) is 27.3 Å².